The van der Waals surface area contributed by atoms with E-state index in [9.17, 15) is 0 Å². The predicted octanol–water partition coefficient (Wildman–Crippen LogP) is 13.0. The van der Waals surface area contributed by atoms with E-state index in [1.54, 1.807) is 0 Å². The van der Waals surface area contributed by atoms with Crippen molar-refractivity contribution in [2.75, 3.05) is 0 Å². The summed E-state index contributed by atoms with van der Waals surface area (Å²) in [5, 5.41) is 7.34. The summed E-state index contributed by atoms with van der Waals surface area (Å²) < 4.78 is 2.67. The van der Waals surface area contributed by atoms with Gasteiger partial charge >= 0.3 is 0 Å². The lowest BCUT2D eigenvalue weighted by molar-refractivity contribution is 1.31. The number of fused-ring (bicyclic) bond motifs is 9. The Hall–Kier alpha value is -6.16. The van der Waals surface area contributed by atoms with Crippen molar-refractivity contribution in [2.24, 2.45) is 0 Å². The topological polar surface area (TPSA) is 25.8 Å². The van der Waals surface area contributed by atoms with Gasteiger partial charge in [0.15, 0.2) is 0 Å². The Morgan fingerprint density at radius 2 is 0.816 bits per heavy atom. The first-order valence-electron chi connectivity index (χ1n) is 16.6. The number of thiophene rings is 1. The van der Waals surface area contributed by atoms with E-state index < -0.39 is 0 Å². The van der Waals surface area contributed by atoms with Crippen LogP contribution in [0.1, 0.15) is 0 Å². The van der Waals surface area contributed by atoms with Gasteiger partial charge in [-0.15, -0.1) is 11.3 Å². The maximum Gasteiger partial charge on any atom is 0.0979 e. The van der Waals surface area contributed by atoms with Gasteiger partial charge < -0.3 is 0 Å². The zero-order chi connectivity index (χ0) is 32.3. The minimum Gasteiger partial charge on any atom is -0.252 e. The second-order valence-corrected chi connectivity index (χ2v) is 13.7. The lowest BCUT2D eigenvalue weighted by atomic mass is 9.96. The van der Waals surface area contributed by atoms with Crippen LogP contribution in [0.3, 0.4) is 0 Å². The summed E-state index contributed by atoms with van der Waals surface area (Å²) in [6.45, 7) is 0. The lowest BCUT2D eigenvalue weighted by Crippen LogP contribution is -1.92. The second-order valence-electron chi connectivity index (χ2n) is 12.6. The van der Waals surface area contributed by atoms with Crippen molar-refractivity contribution in [2.45, 2.75) is 0 Å². The normalized spacial score (nSPS) is 11.7. The first-order chi connectivity index (χ1) is 24.3. The van der Waals surface area contributed by atoms with E-state index in [1.165, 1.54) is 64.3 Å². The van der Waals surface area contributed by atoms with E-state index >= 15 is 0 Å². The molecule has 0 saturated carbocycles. The first-order valence-corrected chi connectivity index (χ1v) is 17.4. The molecule has 0 aliphatic heterocycles. The molecule has 0 fully saturated rings. The second kappa shape index (κ2) is 11.2. The molecule has 0 radical (unpaired) electrons. The molecule has 0 aliphatic carbocycles. The van der Waals surface area contributed by atoms with Gasteiger partial charge in [-0.25, -0.2) is 4.98 Å². The number of hydrogen-bond donors (Lipinski definition) is 0. The van der Waals surface area contributed by atoms with Crippen LogP contribution in [0, 0.1) is 0 Å². The molecule has 228 valence electrons. The molecule has 0 atom stereocenters. The molecule has 0 bridgehead atoms. The Labute approximate surface area is 287 Å². The largest absolute Gasteiger partial charge is 0.252 e. The molecule has 0 spiro atoms. The van der Waals surface area contributed by atoms with Crippen LogP contribution in [0.15, 0.2) is 170 Å². The molecule has 0 unspecified atom stereocenters. The van der Waals surface area contributed by atoms with E-state index in [4.69, 9.17) is 9.97 Å². The zero-order valence-electron chi connectivity index (χ0n) is 26.5. The molecule has 2 nitrogen and oxygen atoms in total. The maximum atomic E-state index is 5.17. The van der Waals surface area contributed by atoms with Gasteiger partial charge in [0.25, 0.3) is 0 Å². The molecule has 0 saturated heterocycles. The average Bonchev–Trinajstić information content (AvgIpc) is 3.56. The predicted molar refractivity (Wildman–Crippen MR) is 209 cm³/mol. The van der Waals surface area contributed by atoms with Crippen molar-refractivity contribution in [1.82, 2.24) is 9.97 Å². The Kier molecular flexibility index (Phi) is 6.39. The molecule has 2 aromatic heterocycles. The van der Waals surface area contributed by atoms with Crippen LogP contribution < -0.4 is 0 Å². The molecule has 49 heavy (non-hydrogen) atoms. The summed E-state index contributed by atoms with van der Waals surface area (Å²) >= 11 is 1.86. The third-order valence-electron chi connectivity index (χ3n) is 9.73. The van der Waals surface area contributed by atoms with Gasteiger partial charge in [-0.05, 0) is 68.4 Å². The summed E-state index contributed by atoms with van der Waals surface area (Å²) in [6, 6.07) is 58.9. The van der Waals surface area contributed by atoms with Crippen molar-refractivity contribution in [3.05, 3.63) is 170 Å². The molecule has 10 aromatic rings. The third kappa shape index (κ3) is 4.70. The summed E-state index contributed by atoms with van der Waals surface area (Å²) in [5.41, 5.74) is 11.0. The van der Waals surface area contributed by atoms with Crippen molar-refractivity contribution >= 4 is 64.1 Å². The maximum absolute atomic E-state index is 5.17. The number of nitrogens with zero attached hydrogens (tertiary/aromatic N) is 2. The van der Waals surface area contributed by atoms with E-state index in [1.807, 2.05) is 17.5 Å². The van der Waals surface area contributed by atoms with Crippen molar-refractivity contribution in [1.29, 1.82) is 0 Å². The first kappa shape index (κ1) is 27.9. The van der Waals surface area contributed by atoms with Gasteiger partial charge in [-0.3, -0.25) is 4.98 Å². The molecule has 3 heteroatoms. The molecule has 2 heterocycles. The van der Waals surface area contributed by atoms with Crippen LogP contribution in [0.2, 0.25) is 0 Å². The van der Waals surface area contributed by atoms with Crippen molar-refractivity contribution in [3.8, 4) is 44.6 Å². The fourth-order valence-corrected chi connectivity index (χ4v) is 8.32. The minimum atomic E-state index is 0.875. The van der Waals surface area contributed by atoms with E-state index in [2.05, 4.69) is 164 Å². The Morgan fingerprint density at radius 3 is 1.47 bits per heavy atom. The van der Waals surface area contributed by atoms with E-state index in [0.29, 0.717) is 0 Å². The molecule has 10 rings (SSSR count). The fraction of sp³-hybridized carbons (Fsp3) is 0. The van der Waals surface area contributed by atoms with Crippen LogP contribution >= 0.6 is 11.3 Å². The molecule has 0 N–H and O–H groups in total. The Balaban J connectivity index is 0.950. The average molecular weight is 641 g/mol. The number of hydrogen-bond acceptors (Lipinski definition) is 3. The van der Waals surface area contributed by atoms with Gasteiger partial charge in [0, 0.05) is 36.5 Å². The minimum absolute atomic E-state index is 0.875. The highest BCUT2D eigenvalue weighted by Gasteiger charge is 2.13. The highest BCUT2D eigenvalue weighted by atomic mass is 32.1. The van der Waals surface area contributed by atoms with E-state index in [0.717, 1.165) is 33.1 Å². The smallest absolute Gasteiger partial charge is 0.0979 e. The number of rotatable bonds is 4. The fourth-order valence-electron chi connectivity index (χ4n) is 7.23. The van der Waals surface area contributed by atoms with E-state index in [-0.39, 0.29) is 0 Å². The molecular weight excluding hydrogens is 613 g/mol. The summed E-state index contributed by atoms with van der Waals surface area (Å²) in [4.78, 5) is 10.1. The monoisotopic (exact) mass is 640 g/mol. The number of benzene rings is 8. The highest BCUT2D eigenvalue weighted by Crippen LogP contribution is 2.38. The molecule has 0 amide bonds. The van der Waals surface area contributed by atoms with Gasteiger partial charge in [0.1, 0.15) is 0 Å². The van der Waals surface area contributed by atoms with Crippen LogP contribution in [0.4, 0.5) is 0 Å². The summed E-state index contributed by atoms with van der Waals surface area (Å²) in [7, 11) is 0. The third-order valence-corrected chi connectivity index (χ3v) is 10.9. The highest BCUT2D eigenvalue weighted by molar-refractivity contribution is 7.25. The molecule has 0 aliphatic rings. The van der Waals surface area contributed by atoms with Gasteiger partial charge in [-0.1, -0.05) is 140 Å². The van der Waals surface area contributed by atoms with Crippen LogP contribution in [-0.4, -0.2) is 9.97 Å². The SMILES string of the molecule is c1cc(-c2ccc(-c3ccc4sc5ccccc5c4c3)cc2)cc(-c2ccc(-c3cnc4c5ccccc5c5ccccc5c4n3)cc2)c1. The van der Waals surface area contributed by atoms with Crippen molar-refractivity contribution < 1.29 is 0 Å². The standard InChI is InChI=1S/C46H28N2S/c1-3-13-39-36(10-1)37-11-2-4-14-40(37)46-45(39)47-28-42(48-46)32-22-20-30(21-23-32)34-9-7-8-33(26-34)29-16-18-31(19-17-29)35-24-25-44-41(27-35)38-12-5-6-15-43(38)49-44/h1-28H. The van der Waals surface area contributed by atoms with Crippen LogP contribution in [0.25, 0.3) is 97.4 Å². The van der Waals surface area contributed by atoms with Gasteiger partial charge in [0.05, 0.1) is 22.9 Å². The number of aromatic nitrogens is 2. The van der Waals surface area contributed by atoms with Crippen LogP contribution in [0.5, 0.6) is 0 Å². The van der Waals surface area contributed by atoms with Crippen molar-refractivity contribution in [3.63, 3.8) is 0 Å². The summed E-state index contributed by atoms with van der Waals surface area (Å²) in [5.74, 6) is 0. The van der Waals surface area contributed by atoms with Gasteiger partial charge in [0.2, 0.25) is 0 Å². The van der Waals surface area contributed by atoms with Gasteiger partial charge in [-0.2, -0.15) is 0 Å². The summed E-state index contributed by atoms with van der Waals surface area (Å²) in [6.07, 6.45) is 1.91. The zero-order valence-corrected chi connectivity index (χ0v) is 27.3. The Morgan fingerprint density at radius 1 is 0.327 bits per heavy atom. The quantitative estimate of drug-likeness (QED) is 0.179. The molecular formula is C46H28N2S. The lowest BCUT2D eigenvalue weighted by Gasteiger charge is -2.11. The molecule has 8 aromatic carbocycles. The van der Waals surface area contributed by atoms with Crippen LogP contribution in [-0.2, 0) is 0 Å². The Bertz CT molecular complexity index is 2830.